The van der Waals surface area contributed by atoms with Crippen LogP contribution in [0.1, 0.15) is 78.1 Å². The van der Waals surface area contributed by atoms with Gasteiger partial charge in [-0.2, -0.15) is 0 Å². The smallest absolute Gasteiger partial charge is 0.305 e. The van der Waals surface area contributed by atoms with E-state index in [1.165, 1.54) is 0 Å². The molecule has 6 heteroatoms. The van der Waals surface area contributed by atoms with Gasteiger partial charge < -0.3 is 19.7 Å². The molecule has 2 atom stereocenters. The molecule has 0 aromatic rings. The number of aliphatic hydroxyl groups excluding tert-OH is 2. The van der Waals surface area contributed by atoms with E-state index in [1.54, 1.807) is 0 Å². The summed E-state index contributed by atoms with van der Waals surface area (Å²) in [5, 5.41) is 17.5. The number of hydrogen-bond donors (Lipinski definition) is 2. The summed E-state index contributed by atoms with van der Waals surface area (Å²) in [7, 11) is 0. The second-order valence-corrected chi connectivity index (χ2v) is 7.22. The Balaban J connectivity index is 3.48. The highest BCUT2D eigenvalue weighted by atomic mass is 16.5. The highest BCUT2D eigenvalue weighted by molar-refractivity contribution is 5.69. The van der Waals surface area contributed by atoms with E-state index in [9.17, 15) is 9.59 Å². The van der Waals surface area contributed by atoms with Crippen molar-refractivity contribution in [3.8, 4) is 0 Å². The zero-order valence-corrected chi connectivity index (χ0v) is 16.6. The standard InChI is InChI=1S/C20H38O6/c1-17(9-7-13-21)15-25-19(23)11-5-3-4-6-12-20(24)26-16-18(2)10-8-14-22/h17-18,21-22H,3-16H2,1-2H3. The second-order valence-electron chi connectivity index (χ2n) is 7.22. The molecular weight excluding hydrogens is 336 g/mol. The number of aliphatic hydroxyl groups is 2. The van der Waals surface area contributed by atoms with E-state index >= 15 is 0 Å². The van der Waals surface area contributed by atoms with Crippen molar-refractivity contribution in [2.75, 3.05) is 26.4 Å². The first-order valence-corrected chi connectivity index (χ1v) is 10.0. The van der Waals surface area contributed by atoms with Crippen LogP contribution in [0.2, 0.25) is 0 Å². The number of hydrogen-bond acceptors (Lipinski definition) is 6. The van der Waals surface area contributed by atoms with Crippen LogP contribution in [0, 0.1) is 11.8 Å². The van der Waals surface area contributed by atoms with Crippen molar-refractivity contribution in [3.05, 3.63) is 0 Å². The van der Waals surface area contributed by atoms with Crippen LogP contribution in [0.15, 0.2) is 0 Å². The van der Waals surface area contributed by atoms with E-state index in [2.05, 4.69) is 0 Å². The molecule has 0 fully saturated rings. The molecule has 0 saturated carbocycles. The molecule has 0 bridgehead atoms. The van der Waals surface area contributed by atoms with Crippen molar-refractivity contribution in [1.82, 2.24) is 0 Å². The first-order chi connectivity index (χ1) is 12.5. The Labute approximate surface area is 158 Å². The second kappa shape index (κ2) is 17.3. The van der Waals surface area contributed by atoms with E-state index in [4.69, 9.17) is 19.7 Å². The van der Waals surface area contributed by atoms with Crippen LogP contribution >= 0.6 is 0 Å². The van der Waals surface area contributed by atoms with Crippen LogP contribution in [0.4, 0.5) is 0 Å². The minimum Gasteiger partial charge on any atom is -0.465 e. The molecule has 26 heavy (non-hydrogen) atoms. The molecule has 0 spiro atoms. The van der Waals surface area contributed by atoms with Crippen LogP contribution in [0.25, 0.3) is 0 Å². The fourth-order valence-electron chi connectivity index (χ4n) is 2.55. The quantitative estimate of drug-likeness (QED) is 0.300. The van der Waals surface area contributed by atoms with E-state index in [-0.39, 0.29) is 37.0 Å². The lowest BCUT2D eigenvalue weighted by atomic mass is 10.1. The maximum atomic E-state index is 11.6. The van der Waals surface area contributed by atoms with Crippen molar-refractivity contribution in [2.24, 2.45) is 11.8 Å². The van der Waals surface area contributed by atoms with E-state index < -0.39 is 0 Å². The monoisotopic (exact) mass is 374 g/mol. The molecule has 0 aliphatic rings. The summed E-state index contributed by atoms with van der Waals surface area (Å²) < 4.78 is 10.4. The number of ether oxygens (including phenoxy) is 2. The Hall–Kier alpha value is -1.14. The van der Waals surface area contributed by atoms with Gasteiger partial charge in [-0.25, -0.2) is 0 Å². The van der Waals surface area contributed by atoms with Gasteiger partial charge in [-0.05, 0) is 50.4 Å². The topological polar surface area (TPSA) is 93.1 Å². The van der Waals surface area contributed by atoms with Gasteiger partial charge in [0, 0.05) is 26.1 Å². The number of esters is 2. The highest BCUT2D eigenvalue weighted by Crippen LogP contribution is 2.10. The average Bonchev–Trinajstić information content (AvgIpc) is 2.63. The molecule has 0 aliphatic heterocycles. The van der Waals surface area contributed by atoms with Crippen LogP contribution in [-0.2, 0) is 19.1 Å². The Kier molecular flexibility index (Phi) is 16.5. The van der Waals surface area contributed by atoms with Crippen molar-refractivity contribution >= 4 is 11.9 Å². The Morgan fingerprint density at radius 2 is 1.08 bits per heavy atom. The normalized spacial score (nSPS) is 13.2. The molecular formula is C20H38O6. The molecule has 2 unspecified atom stereocenters. The van der Waals surface area contributed by atoms with Crippen molar-refractivity contribution in [1.29, 1.82) is 0 Å². The number of carbonyl (C=O) groups excluding carboxylic acids is 2. The molecule has 0 heterocycles. The third-order valence-corrected chi connectivity index (χ3v) is 4.28. The third kappa shape index (κ3) is 16.3. The van der Waals surface area contributed by atoms with Gasteiger partial charge >= 0.3 is 11.9 Å². The first-order valence-electron chi connectivity index (χ1n) is 10.0. The predicted molar refractivity (Wildman–Crippen MR) is 101 cm³/mol. The summed E-state index contributed by atoms with van der Waals surface area (Å²) in [5.74, 6) is 0.223. The van der Waals surface area contributed by atoms with Gasteiger partial charge in [0.1, 0.15) is 0 Å². The first kappa shape index (κ1) is 24.9. The maximum absolute atomic E-state index is 11.6. The molecule has 0 aromatic carbocycles. The van der Waals surface area contributed by atoms with Gasteiger partial charge in [0.2, 0.25) is 0 Å². The lowest BCUT2D eigenvalue weighted by Crippen LogP contribution is -2.12. The van der Waals surface area contributed by atoms with Gasteiger partial charge in [-0.15, -0.1) is 0 Å². The Morgan fingerprint density at radius 3 is 1.42 bits per heavy atom. The largest absolute Gasteiger partial charge is 0.465 e. The predicted octanol–water partition coefficient (Wildman–Crippen LogP) is 3.23. The fraction of sp³-hybridized carbons (Fsp3) is 0.900. The SMILES string of the molecule is CC(CCCO)COC(=O)CCCCCCC(=O)OCC(C)CCCO. The van der Waals surface area contributed by atoms with Gasteiger partial charge in [0.15, 0.2) is 0 Å². The van der Waals surface area contributed by atoms with Crippen molar-refractivity contribution in [2.45, 2.75) is 78.1 Å². The average molecular weight is 375 g/mol. The Bertz CT molecular complexity index is 324. The summed E-state index contributed by atoms with van der Waals surface area (Å²) in [6.45, 7) is 5.21. The van der Waals surface area contributed by atoms with E-state index in [0.29, 0.717) is 26.1 Å². The van der Waals surface area contributed by atoms with Gasteiger partial charge in [0.25, 0.3) is 0 Å². The van der Waals surface area contributed by atoms with Gasteiger partial charge in [0.05, 0.1) is 13.2 Å². The van der Waals surface area contributed by atoms with Crippen LogP contribution in [-0.4, -0.2) is 48.6 Å². The summed E-state index contributed by atoms with van der Waals surface area (Å²) in [5.41, 5.74) is 0. The third-order valence-electron chi connectivity index (χ3n) is 4.28. The molecule has 2 N–H and O–H groups in total. The van der Waals surface area contributed by atoms with E-state index in [1.807, 2.05) is 13.8 Å². The van der Waals surface area contributed by atoms with Crippen LogP contribution in [0.3, 0.4) is 0 Å². The summed E-state index contributed by atoms with van der Waals surface area (Å²) >= 11 is 0. The zero-order valence-electron chi connectivity index (χ0n) is 16.6. The molecule has 154 valence electrons. The van der Waals surface area contributed by atoms with Crippen LogP contribution in [0.5, 0.6) is 0 Å². The summed E-state index contributed by atoms with van der Waals surface area (Å²) in [6, 6.07) is 0. The maximum Gasteiger partial charge on any atom is 0.305 e. The molecule has 0 radical (unpaired) electrons. The minimum absolute atomic E-state index is 0.169. The molecule has 0 saturated heterocycles. The number of carbonyl (C=O) groups is 2. The molecule has 0 aromatic heterocycles. The molecule has 0 aliphatic carbocycles. The summed E-state index contributed by atoms with van der Waals surface area (Å²) in [4.78, 5) is 23.2. The fourth-order valence-corrected chi connectivity index (χ4v) is 2.55. The van der Waals surface area contributed by atoms with Crippen LogP contribution < -0.4 is 0 Å². The van der Waals surface area contributed by atoms with Crippen molar-refractivity contribution < 1.29 is 29.3 Å². The number of rotatable bonds is 17. The Morgan fingerprint density at radius 1 is 0.692 bits per heavy atom. The zero-order chi connectivity index (χ0) is 19.6. The molecule has 0 rings (SSSR count). The molecule has 0 amide bonds. The minimum atomic E-state index is -0.169. The lowest BCUT2D eigenvalue weighted by molar-refractivity contribution is -0.146. The number of unbranched alkanes of at least 4 members (excludes halogenated alkanes) is 3. The van der Waals surface area contributed by atoms with E-state index in [0.717, 1.165) is 51.4 Å². The molecule has 6 nitrogen and oxygen atoms in total. The van der Waals surface area contributed by atoms with Gasteiger partial charge in [-0.1, -0.05) is 26.7 Å². The highest BCUT2D eigenvalue weighted by Gasteiger charge is 2.09. The van der Waals surface area contributed by atoms with Gasteiger partial charge in [-0.3, -0.25) is 9.59 Å². The lowest BCUT2D eigenvalue weighted by Gasteiger charge is -2.11. The summed E-state index contributed by atoms with van der Waals surface area (Å²) in [6.07, 6.45) is 7.38. The van der Waals surface area contributed by atoms with Crippen molar-refractivity contribution in [3.63, 3.8) is 0 Å².